The van der Waals surface area contributed by atoms with Crippen molar-refractivity contribution >= 4 is 23.6 Å². The fourth-order valence-electron chi connectivity index (χ4n) is 1.89. The molecule has 2 rings (SSSR count). The number of carbonyl (C=O) groups is 2. The Bertz CT molecular complexity index is 302. The zero-order valence-corrected chi connectivity index (χ0v) is 11.4. The van der Waals surface area contributed by atoms with Crippen molar-refractivity contribution < 1.29 is 9.59 Å². The highest BCUT2D eigenvalue weighted by atomic mass is 32.2. The Hall–Kier alpha value is -0.750. The third-order valence-corrected chi connectivity index (χ3v) is 4.50. The Morgan fingerprint density at radius 3 is 2.50 bits per heavy atom. The molecule has 0 atom stereocenters. The van der Waals surface area contributed by atoms with Gasteiger partial charge in [-0.15, -0.1) is 11.8 Å². The summed E-state index contributed by atoms with van der Waals surface area (Å²) in [6, 6.07) is 0.360. The predicted molar refractivity (Wildman–Crippen MR) is 72.5 cm³/mol. The third-order valence-electron chi connectivity index (χ3n) is 3.12. The van der Waals surface area contributed by atoms with Crippen LogP contribution in [0.3, 0.4) is 0 Å². The van der Waals surface area contributed by atoms with Crippen LogP contribution in [0.4, 0.5) is 0 Å². The highest BCUT2D eigenvalue weighted by molar-refractivity contribution is 8.00. The van der Waals surface area contributed by atoms with E-state index in [0.717, 1.165) is 38.8 Å². The molecule has 1 saturated heterocycles. The maximum atomic E-state index is 11.6. The molecule has 1 aliphatic carbocycles. The number of carbonyl (C=O) groups excluding carboxylic acids is 2. The van der Waals surface area contributed by atoms with Gasteiger partial charge in [-0.05, 0) is 38.8 Å². The number of piperidine rings is 1. The van der Waals surface area contributed by atoms with E-state index in [0.29, 0.717) is 17.0 Å². The van der Waals surface area contributed by atoms with Crippen molar-refractivity contribution in [1.29, 1.82) is 0 Å². The van der Waals surface area contributed by atoms with E-state index in [2.05, 4.69) is 16.0 Å². The topological polar surface area (TPSA) is 70.2 Å². The molecule has 6 heteroatoms. The lowest BCUT2D eigenvalue weighted by Crippen LogP contribution is -2.39. The molecule has 18 heavy (non-hydrogen) atoms. The molecular formula is C12H21N3O2S. The summed E-state index contributed by atoms with van der Waals surface area (Å²) in [5, 5.41) is 9.39. The van der Waals surface area contributed by atoms with Crippen LogP contribution < -0.4 is 16.0 Å². The molecular weight excluding hydrogens is 250 g/mol. The van der Waals surface area contributed by atoms with Gasteiger partial charge in [0.1, 0.15) is 0 Å². The Balaban J connectivity index is 1.52. The number of rotatable bonds is 6. The van der Waals surface area contributed by atoms with Crippen molar-refractivity contribution in [2.45, 2.75) is 37.0 Å². The lowest BCUT2D eigenvalue weighted by molar-refractivity contribution is -0.124. The second-order valence-corrected chi connectivity index (χ2v) is 6.17. The molecule has 1 saturated carbocycles. The zero-order valence-electron chi connectivity index (χ0n) is 10.5. The van der Waals surface area contributed by atoms with E-state index < -0.39 is 0 Å². The summed E-state index contributed by atoms with van der Waals surface area (Å²) in [6.45, 7) is 2.20. The van der Waals surface area contributed by atoms with Crippen molar-refractivity contribution in [1.82, 2.24) is 16.0 Å². The first kappa shape index (κ1) is 13.7. The first-order chi connectivity index (χ1) is 8.74. The molecule has 0 aromatic heterocycles. The van der Waals surface area contributed by atoms with Crippen LogP contribution in [0, 0.1) is 0 Å². The van der Waals surface area contributed by atoms with Gasteiger partial charge in [-0.1, -0.05) is 0 Å². The molecule has 1 aliphatic heterocycles. The Morgan fingerprint density at radius 1 is 1.11 bits per heavy atom. The van der Waals surface area contributed by atoms with Gasteiger partial charge in [0, 0.05) is 11.3 Å². The summed E-state index contributed by atoms with van der Waals surface area (Å²) in [6.07, 6.45) is 4.40. The molecule has 0 spiro atoms. The van der Waals surface area contributed by atoms with E-state index in [9.17, 15) is 9.59 Å². The maximum Gasteiger partial charge on any atom is 0.239 e. The SMILES string of the molecule is O=C(CSC1CCNCC1)NCC(=O)NC1CC1. The van der Waals surface area contributed by atoms with E-state index in [1.54, 1.807) is 11.8 Å². The number of thioether (sulfide) groups is 1. The lowest BCUT2D eigenvalue weighted by atomic mass is 10.2. The minimum Gasteiger partial charge on any atom is -0.352 e. The van der Waals surface area contributed by atoms with Crippen molar-refractivity contribution in [2.75, 3.05) is 25.4 Å². The van der Waals surface area contributed by atoms with Crippen LogP contribution in [0.15, 0.2) is 0 Å². The van der Waals surface area contributed by atoms with E-state index in [1.165, 1.54) is 0 Å². The fraction of sp³-hybridized carbons (Fsp3) is 0.833. The largest absolute Gasteiger partial charge is 0.352 e. The molecule has 102 valence electrons. The standard InChI is InChI=1S/C12H21N3O2S/c16-11(15-9-1-2-9)7-14-12(17)8-18-10-3-5-13-6-4-10/h9-10,13H,1-8H2,(H,14,17)(H,15,16). The first-order valence-corrected chi connectivity index (χ1v) is 7.67. The number of nitrogens with one attached hydrogen (secondary N) is 3. The first-order valence-electron chi connectivity index (χ1n) is 6.62. The minimum absolute atomic E-state index is 0.0375. The van der Waals surface area contributed by atoms with Gasteiger partial charge in [0.15, 0.2) is 0 Å². The molecule has 0 unspecified atom stereocenters. The molecule has 0 aromatic rings. The van der Waals surface area contributed by atoms with Crippen molar-refractivity contribution in [3.63, 3.8) is 0 Å². The van der Waals surface area contributed by atoms with Crippen molar-refractivity contribution in [3.05, 3.63) is 0 Å². The van der Waals surface area contributed by atoms with Crippen LogP contribution in [0.25, 0.3) is 0 Å². The molecule has 2 fully saturated rings. The second-order valence-electron chi connectivity index (χ2n) is 4.88. The Labute approximate surface area is 112 Å². The van der Waals surface area contributed by atoms with Gasteiger partial charge in [0.05, 0.1) is 12.3 Å². The van der Waals surface area contributed by atoms with Crippen LogP contribution in [-0.2, 0) is 9.59 Å². The van der Waals surface area contributed by atoms with Gasteiger partial charge < -0.3 is 16.0 Å². The smallest absolute Gasteiger partial charge is 0.239 e. The van der Waals surface area contributed by atoms with Gasteiger partial charge in [0.2, 0.25) is 11.8 Å². The molecule has 0 bridgehead atoms. The summed E-state index contributed by atoms with van der Waals surface area (Å²) in [4.78, 5) is 22.9. The summed E-state index contributed by atoms with van der Waals surface area (Å²) >= 11 is 1.70. The summed E-state index contributed by atoms with van der Waals surface area (Å²) in [5.74, 6) is 0.351. The zero-order chi connectivity index (χ0) is 12.8. The number of hydrogen-bond donors (Lipinski definition) is 3. The fourth-order valence-corrected chi connectivity index (χ4v) is 2.95. The Kier molecular flexibility index (Phi) is 5.31. The molecule has 5 nitrogen and oxygen atoms in total. The summed E-state index contributed by atoms with van der Waals surface area (Å²) in [7, 11) is 0. The number of amides is 2. The Morgan fingerprint density at radius 2 is 1.83 bits per heavy atom. The molecule has 0 radical (unpaired) electrons. The van der Waals surface area contributed by atoms with Gasteiger partial charge in [-0.3, -0.25) is 9.59 Å². The van der Waals surface area contributed by atoms with Crippen LogP contribution in [0.2, 0.25) is 0 Å². The summed E-state index contributed by atoms with van der Waals surface area (Å²) < 4.78 is 0. The van der Waals surface area contributed by atoms with E-state index >= 15 is 0 Å². The minimum atomic E-state index is -0.0716. The molecule has 3 N–H and O–H groups in total. The van der Waals surface area contributed by atoms with Gasteiger partial charge >= 0.3 is 0 Å². The highest BCUT2D eigenvalue weighted by Gasteiger charge is 2.23. The van der Waals surface area contributed by atoms with Crippen LogP contribution in [-0.4, -0.2) is 48.5 Å². The van der Waals surface area contributed by atoms with E-state index in [-0.39, 0.29) is 18.4 Å². The molecule has 2 aliphatic rings. The van der Waals surface area contributed by atoms with Crippen LogP contribution in [0.5, 0.6) is 0 Å². The maximum absolute atomic E-state index is 11.6. The predicted octanol–water partition coefficient (Wildman–Crippen LogP) is -0.134. The lowest BCUT2D eigenvalue weighted by Gasteiger charge is -2.21. The summed E-state index contributed by atoms with van der Waals surface area (Å²) in [5.41, 5.74) is 0. The average molecular weight is 271 g/mol. The average Bonchev–Trinajstić information content (AvgIpc) is 3.19. The van der Waals surface area contributed by atoms with Crippen LogP contribution in [0.1, 0.15) is 25.7 Å². The van der Waals surface area contributed by atoms with Crippen molar-refractivity contribution in [2.24, 2.45) is 0 Å². The normalized spacial score (nSPS) is 20.4. The van der Waals surface area contributed by atoms with E-state index in [4.69, 9.17) is 0 Å². The molecule has 0 aromatic carbocycles. The molecule has 2 amide bonds. The molecule has 1 heterocycles. The van der Waals surface area contributed by atoms with Crippen molar-refractivity contribution in [3.8, 4) is 0 Å². The monoisotopic (exact) mass is 271 g/mol. The van der Waals surface area contributed by atoms with Gasteiger partial charge in [-0.2, -0.15) is 0 Å². The van der Waals surface area contributed by atoms with E-state index in [1.807, 2.05) is 0 Å². The van der Waals surface area contributed by atoms with Crippen LogP contribution >= 0.6 is 11.8 Å². The quantitative estimate of drug-likeness (QED) is 0.629. The highest BCUT2D eigenvalue weighted by Crippen LogP contribution is 2.19. The van der Waals surface area contributed by atoms with Gasteiger partial charge in [0.25, 0.3) is 0 Å². The number of hydrogen-bond acceptors (Lipinski definition) is 4. The third kappa shape index (κ3) is 5.27. The van der Waals surface area contributed by atoms with Gasteiger partial charge in [-0.25, -0.2) is 0 Å². The second kappa shape index (κ2) is 6.99.